The first-order valence-electron chi connectivity index (χ1n) is 5.31. The van der Waals surface area contributed by atoms with Crippen molar-refractivity contribution in [2.24, 2.45) is 0 Å². The van der Waals surface area contributed by atoms with Crippen LogP contribution >= 0.6 is 0 Å². The molecule has 2 N–H and O–H groups in total. The topological polar surface area (TPSA) is 88.5 Å². The normalized spacial score (nSPS) is 10.9. The molecule has 1 heterocycles. The van der Waals surface area contributed by atoms with E-state index in [0.29, 0.717) is 11.6 Å². The maximum atomic E-state index is 11.4. The number of ether oxygens (including phenoxy) is 1. The fourth-order valence-electron chi connectivity index (χ4n) is 1.19. The van der Waals surface area contributed by atoms with E-state index in [1.165, 1.54) is 13.3 Å². The lowest BCUT2D eigenvalue weighted by atomic mass is 10.1. The van der Waals surface area contributed by atoms with Crippen LogP contribution < -0.4 is 10.1 Å². The van der Waals surface area contributed by atoms with Gasteiger partial charge in [-0.15, -0.1) is 0 Å². The Morgan fingerprint density at radius 1 is 1.50 bits per heavy atom. The van der Waals surface area contributed by atoms with Crippen molar-refractivity contribution in [2.45, 2.75) is 13.3 Å². The second kappa shape index (κ2) is 6.39. The molecular formula is C12H14N2O4. The third-order valence-electron chi connectivity index (χ3n) is 2.18. The van der Waals surface area contributed by atoms with Crippen LogP contribution in [0.15, 0.2) is 30.1 Å². The summed E-state index contributed by atoms with van der Waals surface area (Å²) < 4.78 is 4.89. The van der Waals surface area contributed by atoms with Gasteiger partial charge in [-0.1, -0.05) is 6.92 Å². The highest BCUT2D eigenvalue weighted by molar-refractivity contribution is 6.16. The van der Waals surface area contributed by atoms with E-state index >= 15 is 0 Å². The van der Waals surface area contributed by atoms with Gasteiger partial charge in [0.1, 0.15) is 5.57 Å². The Morgan fingerprint density at radius 2 is 2.22 bits per heavy atom. The van der Waals surface area contributed by atoms with E-state index in [2.05, 4.69) is 10.3 Å². The molecule has 1 aromatic heterocycles. The van der Waals surface area contributed by atoms with Crippen LogP contribution in [0.2, 0.25) is 0 Å². The maximum Gasteiger partial charge on any atom is 0.340 e. The number of ketones is 1. The van der Waals surface area contributed by atoms with Gasteiger partial charge >= 0.3 is 5.97 Å². The number of carboxylic acids is 1. The number of nitrogens with zero attached hydrogens (tertiary/aromatic N) is 1. The van der Waals surface area contributed by atoms with Gasteiger partial charge in [0.2, 0.25) is 5.88 Å². The summed E-state index contributed by atoms with van der Waals surface area (Å²) in [4.78, 5) is 26.1. The molecule has 0 bridgehead atoms. The van der Waals surface area contributed by atoms with Gasteiger partial charge in [-0.05, 0) is 6.07 Å². The molecule has 0 amide bonds. The van der Waals surface area contributed by atoms with Gasteiger partial charge in [0.05, 0.1) is 19.0 Å². The van der Waals surface area contributed by atoms with Crippen LogP contribution in [-0.4, -0.2) is 29.0 Å². The van der Waals surface area contributed by atoms with E-state index in [4.69, 9.17) is 9.84 Å². The van der Waals surface area contributed by atoms with Crippen molar-refractivity contribution in [3.8, 4) is 5.88 Å². The number of pyridine rings is 1. The number of hydrogen-bond donors (Lipinski definition) is 2. The molecule has 6 heteroatoms. The Bertz CT molecular complexity index is 465. The average molecular weight is 250 g/mol. The SMILES string of the molecule is CCC(=O)/C(=C\Nc1ccc(OC)nc1)C(=O)O. The molecule has 18 heavy (non-hydrogen) atoms. The summed E-state index contributed by atoms with van der Waals surface area (Å²) >= 11 is 0. The van der Waals surface area contributed by atoms with Crippen LogP contribution in [0.3, 0.4) is 0 Å². The third-order valence-corrected chi connectivity index (χ3v) is 2.18. The highest BCUT2D eigenvalue weighted by atomic mass is 16.5. The predicted octanol–water partition coefficient (Wildman–Crippen LogP) is 1.45. The van der Waals surface area contributed by atoms with Crippen LogP contribution in [0.1, 0.15) is 13.3 Å². The number of rotatable bonds is 6. The summed E-state index contributed by atoms with van der Waals surface area (Å²) in [6.45, 7) is 1.61. The van der Waals surface area contributed by atoms with Gasteiger partial charge in [-0.25, -0.2) is 9.78 Å². The fourth-order valence-corrected chi connectivity index (χ4v) is 1.19. The quantitative estimate of drug-likeness (QED) is 0.451. The smallest absolute Gasteiger partial charge is 0.340 e. The molecule has 0 saturated carbocycles. The number of hydrogen-bond acceptors (Lipinski definition) is 5. The van der Waals surface area contributed by atoms with E-state index in [1.54, 1.807) is 19.1 Å². The van der Waals surface area contributed by atoms with Crippen molar-refractivity contribution >= 4 is 17.4 Å². The molecule has 0 aliphatic rings. The number of Topliss-reactive ketones (excluding diaryl/α,β-unsaturated/α-hetero) is 1. The van der Waals surface area contributed by atoms with E-state index in [9.17, 15) is 9.59 Å². The molecule has 0 radical (unpaired) electrons. The number of carbonyl (C=O) groups is 2. The molecular weight excluding hydrogens is 236 g/mol. The minimum atomic E-state index is -1.25. The lowest BCUT2D eigenvalue weighted by Crippen LogP contribution is -2.12. The highest BCUT2D eigenvalue weighted by Crippen LogP contribution is 2.11. The summed E-state index contributed by atoms with van der Waals surface area (Å²) in [6.07, 6.45) is 2.78. The largest absolute Gasteiger partial charge is 0.481 e. The first kappa shape index (κ1) is 13.7. The Hall–Kier alpha value is -2.37. The van der Waals surface area contributed by atoms with Crippen molar-refractivity contribution in [3.63, 3.8) is 0 Å². The van der Waals surface area contributed by atoms with Crippen LogP contribution in [-0.2, 0) is 9.59 Å². The van der Waals surface area contributed by atoms with Crippen molar-refractivity contribution in [3.05, 3.63) is 30.1 Å². The minimum Gasteiger partial charge on any atom is -0.481 e. The molecule has 96 valence electrons. The van der Waals surface area contributed by atoms with E-state index in [1.807, 2.05) is 0 Å². The number of methoxy groups -OCH3 is 1. The zero-order valence-corrected chi connectivity index (χ0v) is 10.1. The standard InChI is InChI=1S/C12H14N2O4/c1-3-10(15)9(12(16)17)7-13-8-4-5-11(18-2)14-6-8/h4-7,13H,3H2,1-2H3,(H,16,17)/b9-7+. The molecule has 0 aliphatic carbocycles. The first-order chi connectivity index (χ1) is 8.58. The van der Waals surface area contributed by atoms with E-state index in [0.717, 1.165) is 6.20 Å². The molecule has 6 nitrogen and oxygen atoms in total. The molecule has 0 aromatic carbocycles. The molecule has 0 saturated heterocycles. The minimum absolute atomic E-state index is 0.140. The van der Waals surface area contributed by atoms with Crippen molar-refractivity contribution in [2.75, 3.05) is 12.4 Å². The number of anilines is 1. The number of nitrogens with one attached hydrogen (secondary N) is 1. The van der Waals surface area contributed by atoms with Gasteiger partial charge in [-0.2, -0.15) is 0 Å². The van der Waals surface area contributed by atoms with Gasteiger partial charge in [0, 0.05) is 18.7 Å². The van der Waals surface area contributed by atoms with Crippen LogP contribution in [0.25, 0.3) is 0 Å². The average Bonchev–Trinajstić information content (AvgIpc) is 2.39. The molecule has 0 fully saturated rings. The molecule has 0 aliphatic heterocycles. The molecule has 1 rings (SSSR count). The molecule has 0 atom stereocenters. The Balaban J connectivity index is 2.81. The van der Waals surface area contributed by atoms with Crippen molar-refractivity contribution in [1.29, 1.82) is 0 Å². The van der Waals surface area contributed by atoms with Gasteiger partial charge in [0.15, 0.2) is 5.78 Å². The van der Waals surface area contributed by atoms with Gasteiger partial charge < -0.3 is 15.2 Å². The third kappa shape index (κ3) is 3.58. The van der Waals surface area contributed by atoms with Gasteiger partial charge in [0.25, 0.3) is 0 Å². The Morgan fingerprint density at radius 3 is 2.67 bits per heavy atom. The van der Waals surface area contributed by atoms with Crippen LogP contribution in [0.5, 0.6) is 5.88 Å². The summed E-state index contributed by atoms with van der Waals surface area (Å²) in [5, 5.41) is 11.6. The summed E-state index contributed by atoms with van der Waals surface area (Å²) in [5.74, 6) is -1.24. The highest BCUT2D eigenvalue weighted by Gasteiger charge is 2.14. The monoisotopic (exact) mass is 250 g/mol. The lowest BCUT2D eigenvalue weighted by molar-refractivity contribution is -0.134. The van der Waals surface area contributed by atoms with Crippen molar-refractivity contribution in [1.82, 2.24) is 4.98 Å². The molecule has 1 aromatic rings. The van der Waals surface area contributed by atoms with Crippen molar-refractivity contribution < 1.29 is 19.4 Å². The zero-order valence-electron chi connectivity index (χ0n) is 10.1. The fraction of sp³-hybridized carbons (Fsp3) is 0.250. The second-order valence-corrected chi connectivity index (χ2v) is 3.37. The molecule has 0 spiro atoms. The number of carboxylic acid groups (broad SMARTS) is 1. The summed E-state index contributed by atoms with van der Waals surface area (Å²) in [6, 6.07) is 3.29. The van der Waals surface area contributed by atoms with Crippen LogP contribution in [0, 0.1) is 0 Å². The Labute approximate surface area is 104 Å². The number of aromatic nitrogens is 1. The predicted molar refractivity (Wildman–Crippen MR) is 65.4 cm³/mol. The van der Waals surface area contributed by atoms with E-state index in [-0.39, 0.29) is 12.0 Å². The molecule has 0 unspecified atom stereocenters. The summed E-state index contributed by atoms with van der Waals surface area (Å²) in [7, 11) is 1.50. The number of carbonyl (C=O) groups excluding carboxylic acids is 1. The lowest BCUT2D eigenvalue weighted by Gasteiger charge is -2.04. The number of aliphatic carboxylic acids is 1. The zero-order chi connectivity index (χ0) is 13.5. The van der Waals surface area contributed by atoms with E-state index < -0.39 is 11.8 Å². The van der Waals surface area contributed by atoms with Crippen LogP contribution in [0.4, 0.5) is 5.69 Å². The maximum absolute atomic E-state index is 11.4. The summed E-state index contributed by atoms with van der Waals surface area (Å²) in [5.41, 5.74) is 0.284. The first-order valence-corrected chi connectivity index (χ1v) is 5.31. The second-order valence-electron chi connectivity index (χ2n) is 3.37. The Kier molecular flexibility index (Phi) is 4.86. The van der Waals surface area contributed by atoms with Gasteiger partial charge in [-0.3, -0.25) is 4.79 Å².